The number of nitrogens with zero attached hydrogens (tertiary/aromatic N) is 2. The van der Waals surface area contributed by atoms with Gasteiger partial charge in [0, 0.05) is 21.8 Å². The Balaban J connectivity index is 2.15. The fraction of sp³-hybridized carbons (Fsp3) is 0.0667. The molecule has 0 fully saturated rings. The van der Waals surface area contributed by atoms with Crippen LogP contribution in [0.4, 0.5) is 0 Å². The first-order valence-corrected chi connectivity index (χ1v) is 6.83. The Bertz CT molecular complexity index is 765. The molecular weight excluding hydrogens is 293 g/mol. The van der Waals surface area contributed by atoms with Crippen LogP contribution < -0.4 is 0 Å². The lowest BCUT2D eigenvalue weighted by molar-refractivity contribution is 1.08. The second kappa shape index (κ2) is 5.27. The third-order valence-electron chi connectivity index (χ3n) is 3.01. The molecule has 0 radical (unpaired) electrons. The SMILES string of the molecule is Cc1cccc(-c2[nH]ncc2-c2ccc(Cl)cc2Cl)n1. The number of pyridine rings is 1. The molecule has 3 nitrogen and oxygen atoms in total. The first kappa shape index (κ1) is 13.2. The monoisotopic (exact) mass is 303 g/mol. The van der Waals surface area contributed by atoms with Crippen LogP contribution in [-0.4, -0.2) is 15.2 Å². The van der Waals surface area contributed by atoms with E-state index < -0.39 is 0 Å². The van der Waals surface area contributed by atoms with Crippen molar-refractivity contribution in [1.82, 2.24) is 15.2 Å². The van der Waals surface area contributed by atoms with Crippen molar-refractivity contribution in [2.75, 3.05) is 0 Å². The van der Waals surface area contributed by atoms with Crippen molar-refractivity contribution < 1.29 is 0 Å². The van der Waals surface area contributed by atoms with Crippen molar-refractivity contribution in [2.45, 2.75) is 6.92 Å². The molecule has 0 spiro atoms. The minimum absolute atomic E-state index is 0.591. The molecule has 1 aromatic carbocycles. The average Bonchev–Trinajstić information content (AvgIpc) is 2.87. The molecule has 5 heteroatoms. The summed E-state index contributed by atoms with van der Waals surface area (Å²) in [5.74, 6) is 0. The van der Waals surface area contributed by atoms with Gasteiger partial charge in [0.1, 0.15) is 0 Å². The normalized spacial score (nSPS) is 10.8. The number of aromatic nitrogens is 3. The minimum atomic E-state index is 0.591. The van der Waals surface area contributed by atoms with Crippen LogP contribution in [0.5, 0.6) is 0 Å². The highest BCUT2D eigenvalue weighted by Crippen LogP contribution is 2.35. The summed E-state index contributed by atoms with van der Waals surface area (Å²) in [5, 5.41) is 8.30. The van der Waals surface area contributed by atoms with E-state index in [0.29, 0.717) is 10.0 Å². The Morgan fingerprint density at radius 1 is 1.05 bits per heavy atom. The molecule has 1 N–H and O–H groups in total. The summed E-state index contributed by atoms with van der Waals surface area (Å²) in [5.41, 5.74) is 4.42. The van der Waals surface area contributed by atoms with Gasteiger partial charge >= 0.3 is 0 Å². The molecule has 0 aliphatic carbocycles. The highest BCUT2D eigenvalue weighted by Gasteiger charge is 2.13. The van der Waals surface area contributed by atoms with Gasteiger partial charge in [0.2, 0.25) is 0 Å². The van der Waals surface area contributed by atoms with Gasteiger partial charge in [0.15, 0.2) is 0 Å². The van der Waals surface area contributed by atoms with Crippen molar-refractivity contribution in [3.63, 3.8) is 0 Å². The summed E-state index contributed by atoms with van der Waals surface area (Å²) in [6.45, 7) is 1.95. The predicted octanol–water partition coefficient (Wildman–Crippen LogP) is 4.75. The van der Waals surface area contributed by atoms with Gasteiger partial charge in [-0.25, -0.2) is 0 Å². The fourth-order valence-corrected chi connectivity index (χ4v) is 2.59. The maximum absolute atomic E-state index is 6.27. The van der Waals surface area contributed by atoms with Crippen molar-refractivity contribution in [3.8, 4) is 22.5 Å². The van der Waals surface area contributed by atoms with E-state index in [4.69, 9.17) is 23.2 Å². The van der Waals surface area contributed by atoms with Gasteiger partial charge < -0.3 is 0 Å². The average molecular weight is 304 g/mol. The molecule has 0 amide bonds. The molecule has 20 heavy (non-hydrogen) atoms. The number of nitrogens with one attached hydrogen (secondary N) is 1. The van der Waals surface area contributed by atoms with Crippen LogP contribution in [0.25, 0.3) is 22.5 Å². The van der Waals surface area contributed by atoms with Crippen molar-refractivity contribution in [3.05, 3.63) is 58.3 Å². The highest BCUT2D eigenvalue weighted by atomic mass is 35.5. The Morgan fingerprint density at radius 3 is 2.65 bits per heavy atom. The van der Waals surface area contributed by atoms with Crippen LogP contribution in [0, 0.1) is 6.92 Å². The third-order valence-corrected chi connectivity index (χ3v) is 3.55. The molecule has 2 heterocycles. The molecule has 0 bridgehead atoms. The van der Waals surface area contributed by atoms with Crippen molar-refractivity contribution in [1.29, 1.82) is 0 Å². The number of benzene rings is 1. The Labute approximate surface area is 126 Å². The zero-order chi connectivity index (χ0) is 14.1. The second-order valence-electron chi connectivity index (χ2n) is 4.45. The van der Waals surface area contributed by atoms with Crippen LogP contribution in [0.3, 0.4) is 0 Å². The number of hydrogen-bond acceptors (Lipinski definition) is 2. The van der Waals surface area contributed by atoms with E-state index in [-0.39, 0.29) is 0 Å². The number of aryl methyl sites for hydroxylation is 1. The topological polar surface area (TPSA) is 41.6 Å². The number of H-pyrrole nitrogens is 1. The van der Waals surface area contributed by atoms with Gasteiger partial charge in [-0.2, -0.15) is 5.10 Å². The molecule has 3 rings (SSSR count). The number of hydrogen-bond donors (Lipinski definition) is 1. The zero-order valence-electron chi connectivity index (χ0n) is 10.7. The maximum atomic E-state index is 6.27. The van der Waals surface area contributed by atoms with Gasteiger partial charge in [-0.1, -0.05) is 35.3 Å². The lowest BCUT2D eigenvalue weighted by Crippen LogP contribution is -1.89. The molecule has 3 aromatic rings. The van der Waals surface area contributed by atoms with Gasteiger partial charge in [-0.15, -0.1) is 0 Å². The van der Waals surface area contributed by atoms with Crippen LogP contribution in [0.1, 0.15) is 5.69 Å². The van der Waals surface area contributed by atoms with Crippen molar-refractivity contribution >= 4 is 23.2 Å². The summed E-state index contributed by atoms with van der Waals surface area (Å²) in [4.78, 5) is 4.51. The molecular formula is C15H11Cl2N3. The van der Waals surface area contributed by atoms with Crippen LogP contribution in [-0.2, 0) is 0 Å². The van der Waals surface area contributed by atoms with E-state index in [2.05, 4.69) is 15.2 Å². The molecule has 2 aromatic heterocycles. The first-order chi connectivity index (χ1) is 9.65. The van der Waals surface area contributed by atoms with E-state index in [1.165, 1.54) is 0 Å². The smallest absolute Gasteiger partial charge is 0.0913 e. The lowest BCUT2D eigenvalue weighted by atomic mass is 10.0. The van der Waals surface area contributed by atoms with E-state index in [1.807, 2.05) is 37.3 Å². The Hall–Kier alpha value is -1.84. The standard InChI is InChI=1S/C15H11Cl2N3/c1-9-3-2-4-14(19-9)15-12(8-18-20-15)11-6-5-10(16)7-13(11)17/h2-8H,1H3,(H,18,20). The predicted molar refractivity (Wildman–Crippen MR) is 82.0 cm³/mol. The van der Waals surface area contributed by atoms with E-state index in [9.17, 15) is 0 Å². The maximum Gasteiger partial charge on any atom is 0.0913 e. The summed E-state index contributed by atoms with van der Waals surface area (Å²) < 4.78 is 0. The van der Waals surface area contributed by atoms with E-state index >= 15 is 0 Å². The van der Waals surface area contributed by atoms with Crippen LogP contribution >= 0.6 is 23.2 Å². The van der Waals surface area contributed by atoms with Crippen LogP contribution in [0.2, 0.25) is 10.0 Å². The highest BCUT2D eigenvalue weighted by molar-refractivity contribution is 6.36. The third kappa shape index (κ3) is 2.42. The van der Waals surface area contributed by atoms with E-state index in [1.54, 1.807) is 12.3 Å². The minimum Gasteiger partial charge on any atom is -0.276 e. The summed E-state index contributed by atoms with van der Waals surface area (Å²) >= 11 is 12.2. The van der Waals surface area contributed by atoms with Crippen LogP contribution in [0.15, 0.2) is 42.6 Å². The molecule has 0 aliphatic rings. The molecule has 100 valence electrons. The zero-order valence-corrected chi connectivity index (χ0v) is 12.2. The summed E-state index contributed by atoms with van der Waals surface area (Å²) in [6, 6.07) is 11.3. The summed E-state index contributed by atoms with van der Waals surface area (Å²) in [6.07, 6.45) is 1.74. The van der Waals surface area contributed by atoms with Gasteiger partial charge in [0.05, 0.1) is 22.6 Å². The molecule has 0 unspecified atom stereocenters. The van der Waals surface area contributed by atoms with Gasteiger partial charge in [-0.3, -0.25) is 10.1 Å². The Morgan fingerprint density at radius 2 is 1.90 bits per heavy atom. The summed E-state index contributed by atoms with van der Waals surface area (Å²) in [7, 11) is 0. The number of aromatic amines is 1. The van der Waals surface area contributed by atoms with Gasteiger partial charge in [-0.05, 0) is 31.2 Å². The fourth-order valence-electron chi connectivity index (χ4n) is 2.08. The number of halogens is 2. The Kier molecular flexibility index (Phi) is 3.47. The van der Waals surface area contributed by atoms with E-state index in [0.717, 1.165) is 28.2 Å². The molecule has 0 saturated heterocycles. The first-order valence-electron chi connectivity index (χ1n) is 6.08. The molecule has 0 aliphatic heterocycles. The van der Waals surface area contributed by atoms with Gasteiger partial charge in [0.25, 0.3) is 0 Å². The second-order valence-corrected chi connectivity index (χ2v) is 5.29. The quantitative estimate of drug-likeness (QED) is 0.742. The number of rotatable bonds is 2. The largest absolute Gasteiger partial charge is 0.276 e. The van der Waals surface area contributed by atoms with Crippen molar-refractivity contribution in [2.24, 2.45) is 0 Å². The lowest BCUT2D eigenvalue weighted by Gasteiger charge is -2.06. The molecule has 0 saturated carbocycles. The molecule has 0 atom stereocenters.